The molecular weight excluding hydrogens is 262 g/mol. The van der Waals surface area contributed by atoms with Crippen molar-refractivity contribution < 1.29 is 4.79 Å². The molecule has 1 aliphatic rings. The summed E-state index contributed by atoms with van der Waals surface area (Å²) >= 11 is 0. The van der Waals surface area contributed by atoms with Gasteiger partial charge in [0.05, 0.1) is 13.0 Å². The lowest BCUT2D eigenvalue weighted by Crippen LogP contribution is -2.49. The second-order valence-electron chi connectivity index (χ2n) is 5.40. The van der Waals surface area contributed by atoms with Crippen molar-refractivity contribution in [3.8, 4) is 12.3 Å². The maximum Gasteiger partial charge on any atom is 0.227 e. The Hall–Kier alpha value is -2.25. The molecular formula is C17H19N3O. The molecule has 3 rings (SSSR count). The van der Waals surface area contributed by atoms with Crippen LogP contribution in [0.3, 0.4) is 0 Å². The molecule has 0 radical (unpaired) electrons. The standard InChI is InChI=1S/C17H19N3O/c1-2-7-19-8-10-20(11-9-19)17(21)12-14-13-18-16-6-4-3-5-15(14)16/h1,3-6,13,18H,7-12H2. The molecule has 0 bridgehead atoms. The molecule has 1 aliphatic heterocycles. The molecule has 21 heavy (non-hydrogen) atoms. The molecule has 0 saturated carbocycles. The monoisotopic (exact) mass is 281 g/mol. The van der Waals surface area contributed by atoms with Gasteiger partial charge in [0.25, 0.3) is 0 Å². The molecule has 0 atom stereocenters. The van der Waals surface area contributed by atoms with Gasteiger partial charge in [-0.05, 0) is 11.6 Å². The molecule has 1 saturated heterocycles. The fourth-order valence-corrected chi connectivity index (χ4v) is 2.84. The summed E-state index contributed by atoms with van der Waals surface area (Å²) in [5.74, 6) is 2.85. The summed E-state index contributed by atoms with van der Waals surface area (Å²) in [7, 11) is 0. The number of nitrogens with zero attached hydrogens (tertiary/aromatic N) is 2. The van der Waals surface area contributed by atoms with Crippen molar-refractivity contribution >= 4 is 16.8 Å². The van der Waals surface area contributed by atoms with Crippen LogP contribution >= 0.6 is 0 Å². The maximum absolute atomic E-state index is 12.4. The molecule has 0 unspecified atom stereocenters. The largest absolute Gasteiger partial charge is 0.361 e. The van der Waals surface area contributed by atoms with Crippen LogP contribution in [0.25, 0.3) is 10.9 Å². The second kappa shape index (κ2) is 6.02. The molecule has 0 spiro atoms. The van der Waals surface area contributed by atoms with Gasteiger partial charge in [-0.3, -0.25) is 9.69 Å². The van der Waals surface area contributed by atoms with Gasteiger partial charge in [0.15, 0.2) is 0 Å². The van der Waals surface area contributed by atoms with E-state index in [4.69, 9.17) is 6.42 Å². The van der Waals surface area contributed by atoms with Crippen LogP contribution in [0.4, 0.5) is 0 Å². The highest BCUT2D eigenvalue weighted by Gasteiger charge is 2.21. The molecule has 2 aromatic rings. The summed E-state index contributed by atoms with van der Waals surface area (Å²) in [6.07, 6.45) is 7.72. The number of benzene rings is 1. The van der Waals surface area contributed by atoms with Gasteiger partial charge in [0.2, 0.25) is 5.91 Å². The van der Waals surface area contributed by atoms with Crippen molar-refractivity contribution in [1.82, 2.24) is 14.8 Å². The highest BCUT2D eigenvalue weighted by Crippen LogP contribution is 2.19. The summed E-state index contributed by atoms with van der Waals surface area (Å²) in [6, 6.07) is 8.08. The number of aromatic amines is 1. The van der Waals surface area contributed by atoms with Gasteiger partial charge in [-0.2, -0.15) is 0 Å². The van der Waals surface area contributed by atoms with Gasteiger partial charge in [-0.1, -0.05) is 24.1 Å². The third-order valence-corrected chi connectivity index (χ3v) is 4.06. The fraction of sp³-hybridized carbons (Fsp3) is 0.353. The third-order valence-electron chi connectivity index (χ3n) is 4.06. The van der Waals surface area contributed by atoms with Crippen LogP contribution in [-0.2, 0) is 11.2 Å². The van der Waals surface area contributed by atoms with Crippen LogP contribution in [0.15, 0.2) is 30.5 Å². The number of fused-ring (bicyclic) bond motifs is 1. The van der Waals surface area contributed by atoms with E-state index in [0.29, 0.717) is 13.0 Å². The van der Waals surface area contributed by atoms with Crippen molar-refractivity contribution in [3.05, 3.63) is 36.0 Å². The minimum absolute atomic E-state index is 0.195. The zero-order valence-electron chi connectivity index (χ0n) is 12.0. The Balaban J connectivity index is 1.63. The SMILES string of the molecule is C#CCN1CCN(C(=O)Cc2c[nH]c3ccccc23)CC1. The average Bonchev–Trinajstić information content (AvgIpc) is 2.92. The number of terminal acetylenes is 1. The highest BCUT2D eigenvalue weighted by molar-refractivity contribution is 5.88. The molecule has 1 aromatic carbocycles. The van der Waals surface area contributed by atoms with Gasteiger partial charge in [0, 0.05) is 43.3 Å². The first kappa shape index (κ1) is 13.7. The molecule has 1 amide bonds. The van der Waals surface area contributed by atoms with E-state index in [0.717, 1.165) is 42.6 Å². The Labute approximate surface area is 124 Å². The Morgan fingerprint density at radius 2 is 2.00 bits per heavy atom. The predicted octanol–water partition coefficient (Wildman–Crippen LogP) is 1.49. The lowest BCUT2D eigenvalue weighted by Gasteiger charge is -2.33. The zero-order valence-corrected chi connectivity index (χ0v) is 12.0. The first-order valence-corrected chi connectivity index (χ1v) is 7.26. The van der Waals surface area contributed by atoms with Crippen molar-refractivity contribution in [3.63, 3.8) is 0 Å². The number of aromatic nitrogens is 1. The van der Waals surface area contributed by atoms with Crippen LogP contribution in [0.1, 0.15) is 5.56 Å². The van der Waals surface area contributed by atoms with Crippen LogP contribution in [0.5, 0.6) is 0 Å². The predicted molar refractivity (Wildman–Crippen MR) is 83.9 cm³/mol. The van der Waals surface area contributed by atoms with Gasteiger partial charge in [0.1, 0.15) is 0 Å². The summed E-state index contributed by atoms with van der Waals surface area (Å²) in [4.78, 5) is 19.8. The first-order chi connectivity index (χ1) is 10.3. The number of rotatable bonds is 3. The minimum Gasteiger partial charge on any atom is -0.361 e. The van der Waals surface area contributed by atoms with E-state index in [2.05, 4.69) is 21.9 Å². The topological polar surface area (TPSA) is 39.3 Å². The minimum atomic E-state index is 0.195. The third kappa shape index (κ3) is 2.93. The van der Waals surface area contributed by atoms with Crippen LogP contribution in [0, 0.1) is 12.3 Å². The number of hydrogen-bond donors (Lipinski definition) is 1. The number of carbonyl (C=O) groups is 1. The Kier molecular flexibility index (Phi) is 3.94. The highest BCUT2D eigenvalue weighted by atomic mass is 16.2. The van der Waals surface area contributed by atoms with Gasteiger partial charge >= 0.3 is 0 Å². The number of amides is 1. The van der Waals surface area contributed by atoms with Gasteiger partial charge < -0.3 is 9.88 Å². The summed E-state index contributed by atoms with van der Waals surface area (Å²) in [5, 5.41) is 1.14. The van der Waals surface area contributed by atoms with E-state index >= 15 is 0 Å². The summed E-state index contributed by atoms with van der Waals surface area (Å²) < 4.78 is 0. The average molecular weight is 281 g/mol. The summed E-state index contributed by atoms with van der Waals surface area (Å²) in [5.41, 5.74) is 2.15. The molecule has 2 heterocycles. The Morgan fingerprint density at radius 3 is 2.76 bits per heavy atom. The summed E-state index contributed by atoms with van der Waals surface area (Å²) in [6.45, 7) is 3.93. The van der Waals surface area contributed by atoms with Crippen molar-refractivity contribution in [1.29, 1.82) is 0 Å². The lowest BCUT2D eigenvalue weighted by atomic mass is 10.1. The second-order valence-corrected chi connectivity index (χ2v) is 5.40. The quantitative estimate of drug-likeness (QED) is 0.866. The molecule has 1 fully saturated rings. The number of para-hydroxylation sites is 1. The van der Waals surface area contributed by atoms with Crippen molar-refractivity contribution in [2.75, 3.05) is 32.7 Å². The number of H-pyrrole nitrogens is 1. The number of carbonyl (C=O) groups excluding carboxylic acids is 1. The maximum atomic E-state index is 12.4. The van der Waals surface area contributed by atoms with E-state index in [9.17, 15) is 4.79 Å². The molecule has 1 N–H and O–H groups in total. The lowest BCUT2D eigenvalue weighted by molar-refractivity contribution is -0.132. The van der Waals surface area contributed by atoms with Crippen molar-refractivity contribution in [2.45, 2.75) is 6.42 Å². The smallest absolute Gasteiger partial charge is 0.227 e. The molecule has 1 aromatic heterocycles. The van der Waals surface area contributed by atoms with E-state index < -0.39 is 0 Å². The first-order valence-electron chi connectivity index (χ1n) is 7.26. The van der Waals surface area contributed by atoms with Crippen molar-refractivity contribution in [2.24, 2.45) is 0 Å². The van der Waals surface area contributed by atoms with E-state index in [1.165, 1.54) is 0 Å². The van der Waals surface area contributed by atoms with Gasteiger partial charge in [-0.25, -0.2) is 0 Å². The fourth-order valence-electron chi connectivity index (χ4n) is 2.84. The Morgan fingerprint density at radius 1 is 1.24 bits per heavy atom. The zero-order chi connectivity index (χ0) is 14.7. The molecule has 0 aliphatic carbocycles. The number of piperazine rings is 1. The van der Waals surface area contributed by atoms with Gasteiger partial charge in [-0.15, -0.1) is 6.42 Å². The van der Waals surface area contributed by atoms with E-state index in [1.54, 1.807) is 0 Å². The normalized spacial score (nSPS) is 16.0. The molecule has 4 nitrogen and oxygen atoms in total. The van der Waals surface area contributed by atoms with Crippen LogP contribution < -0.4 is 0 Å². The molecule has 4 heteroatoms. The number of hydrogen-bond acceptors (Lipinski definition) is 2. The Bertz CT molecular complexity index is 675. The van der Waals surface area contributed by atoms with E-state index in [-0.39, 0.29) is 5.91 Å². The van der Waals surface area contributed by atoms with E-state index in [1.807, 2.05) is 29.3 Å². The van der Waals surface area contributed by atoms with Crippen LogP contribution in [0.2, 0.25) is 0 Å². The number of nitrogens with one attached hydrogen (secondary N) is 1. The van der Waals surface area contributed by atoms with Crippen LogP contribution in [-0.4, -0.2) is 53.4 Å². The molecule has 108 valence electrons.